The second-order valence-corrected chi connectivity index (χ2v) is 5.51. The number of para-hydroxylation sites is 1. The highest BCUT2D eigenvalue weighted by molar-refractivity contribution is 5.90. The van der Waals surface area contributed by atoms with Crippen LogP contribution < -0.4 is 15.1 Å². The zero-order chi connectivity index (χ0) is 15.8. The summed E-state index contributed by atoms with van der Waals surface area (Å²) in [6.07, 6.45) is 0. The van der Waals surface area contributed by atoms with E-state index in [1.54, 1.807) is 12.1 Å². The van der Waals surface area contributed by atoms with E-state index in [0.717, 1.165) is 6.92 Å². The maximum atomic E-state index is 11.8. The monoisotopic (exact) mass is 292 g/mol. The van der Waals surface area contributed by atoms with Crippen molar-refractivity contribution in [2.45, 2.75) is 33.3 Å². The second kappa shape index (κ2) is 5.12. The summed E-state index contributed by atoms with van der Waals surface area (Å²) in [5.74, 6) is -1.38. The van der Waals surface area contributed by atoms with E-state index >= 15 is 0 Å². The summed E-state index contributed by atoms with van der Waals surface area (Å²) < 4.78 is 15.5. The average molecular weight is 292 g/mol. The van der Waals surface area contributed by atoms with Gasteiger partial charge in [0.15, 0.2) is 17.1 Å². The van der Waals surface area contributed by atoms with Gasteiger partial charge in [-0.15, -0.1) is 0 Å². The van der Waals surface area contributed by atoms with Crippen molar-refractivity contribution in [2.24, 2.45) is 0 Å². The summed E-state index contributed by atoms with van der Waals surface area (Å²) in [5.41, 5.74) is -1.34. The average Bonchev–Trinajstić information content (AvgIpc) is 2.33. The van der Waals surface area contributed by atoms with Crippen molar-refractivity contribution in [3.8, 4) is 17.2 Å². The SMILES string of the molecule is CC(=O)Oc1c(O)c2cccc(OC(C)(C)C)c2oc1=O. The topological polar surface area (TPSA) is 86.0 Å². The van der Waals surface area contributed by atoms with Crippen molar-refractivity contribution in [2.75, 3.05) is 0 Å². The van der Waals surface area contributed by atoms with Crippen LogP contribution in [-0.4, -0.2) is 16.7 Å². The third-order valence-electron chi connectivity index (χ3n) is 2.49. The molecular weight excluding hydrogens is 276 g/mol. The van der Waals surface area contributed by atoms with E-state index in [9.17, 15) is 14.7 Å². The zero-order valence-electron chi connectivity index (χ0n) is 12.2. The standard InChI is InChI=1S/C15H16O6/c1-8(16)19-13-11(17)9-6-5-7-10(21-15(2,3)4)12(9)20-14(13)18/h5-7,17H,1-4H3. The smallest absolute Gasteiger partial charge is 0.383 e. The number of rotatable bonds is 2. The fraction of sp³-hybridized carbons (Fsp3) is 0.333. The predicted octanol–water partition coefficient (Wildman–Crippen LogP) is 2.60. The van der Waals surface area contributed by atoms with Crippen LogP contribution in [0.4, 0.5) is 0 Å². The molecule has 0 radical (unpaired) electrons. The van der Waals surface area contributed by atoms with Crippen molar-refractivity contribution in [1.82, 2.24) is 0 Å². The molecule has 0 aliphatic carbocycles. The quantitative estimate of drug-likeness (QED) is 0.676. The molecule has 0 fully saturated rings. The normalized spacial score (nSPS) is 11.4. The summed E-state index contributed by atoms with van der Waals surface area (Å²) in [5, 5.41) is 10.3. The van der Waals surface area contributed by atoms with Gasteiger partial charge in [0.1, 0.15) is 5.60 Å². The number of hydrogen-bond acceptors (Lipinski definition) is 6. The molecule has 0 unspecified atom stereocenters. The molecular formula is C15H16O6. The lowest BCUT2D eigenvalue weighted by Gasteiger charge is -2.21. The van der Waals surface area contributed by atoms with Gasteiger partial charge in [0.25, 0.3) is 5.75 Å². The molecule has 112 valence electrons. The lowest BCUT2D eigenvalue weighted by atomic mass is 10.1. The maximum absolute atomic E-state index is 11.8. The minimum atomic E-state index is -0.944. The van der Waals surface area contributed by atoms with Gasteiger partial charge in [-0.2, -0.15) is 0 Å². The van der Waals surface area contributed by atoms with Crippen LogP contribution in [0.1, 0.15) is 27.7 Å². The Bertz CT molecular complexity index is 751. The van der Waals surface area contributed by atoms with Gasteiger partial charge in [0, 0.05) is 6.92 Å². The van der Waals surface area contributed by atoms with Crippen LogP contribution >= 0.6 is 0 Å². The van der Waals surface area contributed by atoms with E-state index < -0.39 is 28.7 Å². The van der Waals surface area contributed by atoms with Crippen LogP contribution in [0.25, 0.3) is 11.0 Å². The Morgan fingerprint density at radius 3 is 2.52 bits per heavy atom. The third-order valence-corrected chi connectivity index (χ3v) is 2.49. The molecule has 1 aromatic carbocycles. The van der Waals surface area contributed by atoms with E-state index in [4.69, 9.17) is 9.15 Å². The molecule has 6 nitrogen and oxygen atoms in total. The number of carbonyl (C=O) groups is 1. The van der Waals surface area contributed by atoms with Gasteiger partial charge in [-0.3, -0.25) is 4.79 Å². The molecule has 2 aromatic rings. The molecule has 6 heteroatoms. The molecule has 0 saturated carbocycles. The highest BCUT2D eigenvalue weighted by atomic mass is 16.6. The fourth-order valence-electron chi connectivity index (χ4n) is 1.81. The van der Waals surface area contributed by atoms with Gasteiger partial charge in [0.05, 0.1) is 5.39 Å². The molecule has 0 aliphatic rings. The maximum Gasteiger partial charge on any atom is 0.383 e. The molecule has 21 heavy (non-hydrogen) atoms. The minimum Gasteiger partial charge on any atom is -0.504 e. The van der Waals surface area contributed by atoms with Crippen molar-refractivity contribution in [3.63, 3.8) is 0 Å². The molecule has 1 aromatic heterocycles. The Balaban J connectivity index is 2.68. The molecule has 0 bridgehead atoms. The lowest BCUT2D eigenvalue weighted by Crippen LogP contribution is -2.23. The first-order valence-electron chi connectivity index (χ1n) is 6.35. The van der Waals surface area contributed by atoms with Crippen LogP contribution in [0.15, 0.2) is 27.4 Å². The molecule has 0 saturated heterocycles. The van der Waals surface area contributed by atoms with Crippen LogP contribution in [0.2, 0.25) is 0 Å². The summed E-state index contributed by atoms with van der Waals surface area (Å²) in [6.45, 7) is 6.66. The predicted molar refractivity (Wildman–Crippen MR) is 75.8 cm³/mol. The fourth-order valence-corrected chi connectivity index (χ4v) is 1.81. The van der Waals surface area contributed by atoms with Crippen molar-refractivity contribution in [1.29, 1.82) is 0 Å². The lowest BCUT2D eigenvalue weighted by molar-refractivity contribution is -0.132. The van der Waals surface area contributed by atoms with Crippen molar-refractivity contribution < 1.29 is 23.8 Å². The number of hydrogen-bond donors (Lipinski definition) is 1. The van der Waals surface area contributed by atoms with Crippen LogP contribution in [0.5, 0.6) is 17.2 Å². The molecule has 1 N–H and O–H groups in total. The number of ether oxygens (including phenoxy) is 2. The Hall–Kier alpha value is -2.50. The Kier molecular flexibility index (Phi) is 3.63. The van der Waals surface area contributed by atoms with E-state index in [1.165, 1.54) is 6.07 Å². The van der Waals surface area contributed by atoms with Crippen LogP contribution in [-0.2, 0) is 4.79 Å². The highest BCUT2D eigenvalue weighted by Gasteiger charge is 2.21. The summed E-state index contributed by atoms with van der Waals surface area (Å²) in [7, 11) is 0. The number of carbonyl (C=O) groups excluding carboxylic acids is 1. The third kappa shape index (κ3) is 3.16. The van der Waals surface area contributed by atoms with Gasteiger partial charge in [-0.05, 0) is 32.9 Å². The van der Waals surface area contributed by atoms with Gasteiger partial charge in [-0.1, -0.05) is 6.07 Å². The Morgan fingerprint density at radius 1 is 1.29 bits per heavy atom. The van der Waals surface area contributed by atoms with Gasteiger partial charge < -0.3 is 19.0 Å². The summed E-state index contributed by atoms with van der Waals surface area (Å²) >= 11 is 0. The largest absolute Gasteiger partial charge is 0.504 e. The van der Waals surface area contributed by atoms with E-state index in [-0.39, 0.29) is 11.0 Å². The van der Waals surface area contributed by atoms with Crippen LogP contribution in [0, 0.1) is 0 Å². The van der Waals surface area contributed by atoms with E-state index in [1.807, 2.05) is 20.8 Å². The van der Waals surface area contributed by atoms with Gasteiger partial charge in [-0.25, -0.2) is 4.79 Å². The zero-order valence-corrected chi connectivity index (χ0v) is 12.2. The second-order valence-electron chi connectivity index (χ2n) is 5.51. The minimum absolute atomic E-state index is 0.103. The highest BCUT2D eigenvalue weighted by Crippen LogP contribution is 2.36. The van der Waals surface area contributed by atoms with E-state index in [2.05, 4.69) is 4.74 Å². The Morgan fingerprint density at radius 2 is 1.95 bits per heavy atom. The molecule has 0 amide bonds. The number of aromatic hydroxyl groups is 1. The van der Waals surface area contributed by atoms with Crippen LogP contribution in [0.3, 0.4) is 0 Å². The van der Waals surface area contributed by atoms with Gasteiger partial charge in [0.2, 0.25) is 0 Å². The van der Waals surface area contributed by atoms with Crippen molar-refractivity contribution in [3.05, 3.63) is 28.6 Å². The molecule has 0 atom stereocenters. The molecule has 2 rings (SSSR count). The Labute approximate surface area is 120 Å². The number of esters is 1. The first-order chi connectivity index (χ1) is 9.69. The number of fused-ring (bicyclic) bond motifs is 1. The molecule has 0 aliphatic heterocycles. The van der Waals surface area contributed by atoms with E-state index in [0.29, 0.717) is 5.75 Å². The first-order valence-corrected chi connectivity index (χ1v) is 6.35. The van der Waals surface area contributed by atoms with Gasteiger partial charge >= 0.3 is 11.6 Å². The summed E-state index contributed by atoms with van der Waals surface area (Å²) in [6, 6.07) is 4.80. The summed E-state index contributed by atoms with van der Waals surface area (Å²) in [4.78, 5) is 22.8. The number of benzene rings is 1. The van der Waals surface area contributed by atoms with Crippen molar-refractivity contribution >= 4 is 16.9 Å². The first kappa shape index (κ1) is 14.9. The molecule has 1 heterocycles. The molecule has 0 spiro atoms.